The van der Waals surface area contributed by atoms with Crippen molar-refractivity contribution < 1.29 is 14.7 Å². The van der Waals surface area contributed by atoms with Gasteiger partial charge in [-0.2, -0.15) is 0 Å². The SMILES string of the molecule is O=C(O)CCC1CNC(=O)N(c2cccc(Br)c2)C1. The van der Waals surface area contributed by atoms with Crippen molar-refractivity contribution >= 4 is 33.6 Å². The molecule has 0 bridgehead atoms. The van der Waals surface area contributed by atoms with E-state index < -0.39 is 5.97 Å². The zero-order chi connectivity index (χ0) is 13.8. The lowest BCUT2D eigenvalue weighted by atomic mass is 10.0. The van der Waals surface area contributed by atoms with Crippen LogP contribution in [0.4, 0.5) is 10.5 Å². The van der Waals surface area contributed by atoms with Crippen molar-refractivity contribution in [3.05, 3.63) is 28.7 Å². The van der Waals surface area contributed by atoms with Crippen molar-refractivity contribution in [3.8, 4) is 0 Å². The Hall–Kier alpha value is -1.56. The molecular formula is C13H15BrN2O3. The van der Waals surface area contributed by atoms with E-state index >= 15 is 0 Å². The van der Waals surface area contributed by atoms with Gasteiger partial charge >= 0.3 is 12.0 Å². The summed E-state index contributed by atoms with van der Waals surface area (Å²) < 4.78 is 0.908. The Bertz CT molecular complexity index is 493. The molecule has 2 amide bonds. The molecule has 1 aromatic carbocycles. The van der Waals surface area contributed by atoms with Gasteiger partial charge in [0.1, 0.15) is 0 Å². The van der Waals surface area contributed by atoms with E-state index in [1.54, 1.807) is 4.90 Å². The van der Waals surface area contributed by atoms with E-state index in [1.165, 1.54) is 0 Å². The van der Waals surface area contributed by atoms with Gasteiger partial charge in [0, 0.05) is 29.7 Å². The zero-order valence-corrected chi connectivity index (χ0v) is 11.9. The number of carbonyl (C=O) groups excluding carboxylic acids is 1. The number of urea groups is 1. The molecule has 1 unspecified atom stereocenters. The third kappa shape index (κ3) is 3.70. The lowest BCUT2D eigenvalue weighted by Crippen LogP contribution is -2.51. The molecule has 1 fully saturated rings. The quantitative estimate of drug-likeness (QED) is 0.892. The number of anilines is 1. The van der Waals surface area contributed by atoms with E-state index in [0.29, 0.717) is 19.5 Å². The predicted molar refractivity (Wildman–Crippen MR) is 75.2 cm³/mol. The molecule has 2 N–H and O–H groups in total. The Morgan fingerprint density at radius 3 is 3.00 bits per heavy atom. The number of hydrogen-bond donors (Lipinski definition) is 2. The zero-order valence-electron chi connectivity index (χ0n) is 10.3. The number of carbonyl (C=O) groups is 2. The molecule has 19 heavy (non-hydrogen) atoms. The molecule has 1 heterocycles. The number of amides is 2. The highest BCUT2D eigenvalue weighted by Gasteiger charge is 2.26. The summed E-state index contributed by atoms with van der Waals surface area (Å²) in [7, 11) is 0. The summed E-state index contributed by atoms with van der Waals surface area (Å²) in [5, 5.41) is 11.5. The summed E-state index contributed by atoms with van der Waals surface area (Å²) in [6.45, 7) is 1.09. The minimum atomic E-state index is -0.800. The summed E-state index contributed by atoms with van der Waals surface area (Å²) >= 11 is 3.38. The molecule has 6 heteroatoms. The van der Waals surface area contributed by atoms with Crippen LogP contribution in [0.1, 0.15) is 12.8 Å². The van der Waals surface area contributed by atoms with Crippen molar-refractivity contribution in [1.82, 2.24) is 5.32 Å². The minimum absolute atomic E-state index is 0.132. The molecule has 2 rings (SSSR count). The van der Waals surface area contributed by atoms with Crippen LogP contribution in [-0.4, -0.2) is 30.2 Å². The maximum atomic E-state index is 11.9. The molecule has 0 radical (unpaired) electrons. The van der Waals surface area contributed by atoms with Crippen LogP contribution in [0.2, 0.25) is 0 Å². The lowest BCUT2D eigenvalue weighted by Gasteiger charge is -2.33. The summed E-state index contributed by atoms with van der Waals surface area (Å²) in [6, 6.07) is 7.37. The summed E-state index contributed by atoms with van der Waals surface area (Å²) in [5.74, 6) is -0.640. The van der Waals surface area contributed by atoms with E-state index in [4.69, 9.17) is 5.11 Å². The van der Waals surface area contributed by atoms with Crippen LogP contribution in [0.5, 0.6) is 0 Å². The van der Waals surface area contributed by atoms with E-state index in [9.17, 15) is 9.59 Å². The van der Waals surface area contributed by atoms with Gasteiger partial charge in [0.25, 0.3) is 0 Å². The van der Waals surface area contributed by atoms with Crippen LogP contribution in [0.15, 0.2) is 28.7 Å². The van der Waals surface area contributed by atoms with Crippen LogP contribution in [0.25, 0.3) is 0 Å². The molecule has 1 saturated heterocycles. The van der Waals surface area contributed by atoms with Crippen molar-refractivity contribution in [3.63, 3.8) is 0 Å². The highest BCUT2D eigenvalue weighted by atomic mass is 79.9. The number of nitrogens with zero attached hydrogens (tertiary/aromatic N) is 1. The van der Waals surface area contributed by atoms with E-state index in [2.05, 4.69) is 21.2 Å². The van der Waals surface area contributed by atoms with E-state index in [0.717, 1.165) is 10.2 Å². The first-order valence-electron chi connectivity index (χ1n) is 6.09. The van der Waals surface area contributed by atoms with E-state index in [-0.39, 0.29) is 18.4 Å². The Balaban J connectivity index is 2.06. The number of carboxylic acid groups (broad SMARTS) is 1. The number of hydrogen-bond acceptors (Lipinski definition) is 2. The number of nitrogens with one attached hydrogen (secondary N) is 1. The Labute approximate surface area is 119 Å². The average molecular weight is 327 g/mol. The predicted octanol–water partition coefficient (Wildman–Crippen LogP) is 2.46. The largest absolute Gasteiger partial charge is 0.481 e. The average Bonchev–Trinajstić information content (AvgIpc) is 2.37. The third-order valence-electron chi connectivity index (χ3n) is 3.11. The van der Waals surface area contributed by atoms with Gasteiger partial charge in [-0.15, -0.1) is 0 Å². The maximum absolute atomic E-state index is 11.9. The topological polar surface area (TPSA) is 69.6 Å². The molecular weight excluding hydrogens is 312 g/mol. The maximum Gasteiger partial charge on any atom is 0.321 e. The molecule has 0 saturated carbocycles. The van der Waals surface area contributed by atoms with Crippen LogP contribution < -0.4 is 10.2 Å². The smallest absolute Gasteiger partial charge is 0.321 e. The summed E-state index contributed by atoms with van der Waals surface area (Å²) in [5.41, 5.74) is 0.812. The third-order valence-corrected chi connectivity index (χ3v) is 3.61. The van der Waals surface area contributed by atoms with Crippen LogP contribution in [-0.2, 0) is 4.79 Å². The summed E-state index contributed by atoms with van der Waals surface area (Å²) in [4.78, 5) is 24.1. The first-order valence-corrected chi connectivity index (χ1v) is 6.88. The van der Waals surface area contributed by atoms with Crippen LogP contribution >= 0.6 is 15.9 Å². The molecule has 1 aromatic rings. The van der Waals surface area contributed by atoms with Gasteiger partial charge in [-0.3, -0.25) is 9.69 Å². The van der Waals surface area contributed by atoms with Crippen molar-refractivity contribution in [2.24, 2.45) is 5.92 Å². The fraction of sp³-hybridized carbons (Fsp3) is 0.385. The monoisotopic (exact) mass is 326 g/mol. The van der Waals surface area contributed by atoms with Crippen molar-refractivity contribution in [1.29, 1.82) is 0 Å². The number of aliphatic carboxylic acids is 1. The standard InChI is InChI=1S/C13H15BrN2O3/c14-10-2-1-3-11(6-10)16-8-9(4-5-12(17)18)7-15-13(16)19/h1-3,6,9H,4-5,7-8H2,(H,15,19)(H,17,18). The molecule has 102 valence electrons. The van der Waals surface area contributed by atoms with Crippen LogP contribution in [0, 0.1) is 5.92 Å². The van der Waals surface area contributed by atoms with Crippen LogP contribution in [0.3, 0.4) is 0 Å². The van der Waals surface area contributed by atoms with Gasteiger partial charge in [-0.1, -0.05) is 22.0 Å². The number of rotatable bonds is 4. The fourth-order valence-electron chi connectivity index (χ4n) is 2.12. The molecule has 0 aromatic heterocycles. The Kier molecular flexibility index (Phi) is 4.42. The van der Waals surface area contributed by atoms with Gasteiger partial charge in [0.2, 0.25) is 0 Å². The first kappa shape index (κ1) is 13.9. The highest BCUT2D eigenvalue weighted by Crippen LogP contribution is 2.23. The minimum Gasteiger partial charge on any atom is -0.481 e. The summed E-state index contributed by atoms with van der Waals surface area (Å²) in [6.07, 6.45) is 0.701. The molecule has 1 aliphatic rings. The second-order valence-electron chi connectivity index (χ2n) is 4.57. The Morgan fingerprint density at radius 1 is 1.53 bits per heavy atom. The van der Waals surface area contributed by atoms with Crippen molar-refractivity contribution in [2.75, 3.05) is 18.0 Å². The van der Waals surface area contributed by atoms with Gasteiger partial charge in [0.15, 0.2) is 0 Å². The fourth-order valence-corrected chi connectivity index (χ4v) is 2.51. The molecule has 1 aliphatic heterocycles. The number of benzene rings is 1. The molecule has 5 nitrogen and oxygen atoms in total. The number of carboxylic acids is 1. The van der Waals surface area contributed by atoms with Gasteiger partial charge in [0.05, 0.1) is 0 Å². The Morgan fingerprint density at radius 2 is 2.32 bits per heavy atom. The second kappa shape index (κ2) is 6.06. The van der Waals surface area contributed by atoms with Gasteiger partial charge in [-0.05, 0) is 30.5 Å². The highest BCUT2D eigenvalue weighted by molar-refractivity contribution is 9.10. The number of halogens is 1. The second-order valence-corrected chi connectivity index (χ2v) is 5.49. The first-order chi connectivity index (χ1) is 9.06. The normalized spacial score (nSPS) is 19.1. The lowest BCUT2D eigenvalue weighted by molar-refractivity contribution is -0.137. The van der Waals surface area contributed by atoms with Gasteiger partial charge < -0.3 is 10.4 Å². The molecule has 0 aliphatic carbocycles. The molecule has 0 spiro atoms. The van der Waals surface area contributed by atoms with E-state index in [1.807, 2.05) is 24.3 Å². The van der Waals surface area contributed by atoms with Crippen molar-refractivity contribution in [2.45, 2.75) is 12.8 Å². The van der Waals surface area contributed by atoms with Gasteiger partial charge in [-0.25, -0.2) is 4.79 Å². The molecule has 1 atom stereocenters.